The molecule has 3 rings (SSSR count). The Bertz CT molecular complexity index is 832. The number of rotatable bonds is 2. The van der Waals surface area contributed by atoms with E-state index >= 15 is 0 Å². The molecule has 0 spiro atoms. The second-order valence-corrected chi connectivity index (χ2v) is 9.07. The van der Waals surface area contributed by atoms with Crippen LogP contribution in [0.4, 0.5) is 5.69 Å². The molecule has 0 bridgehead atoms. The summed E-state index contributed by atoms with van der Waals surface area (Å²) in [6, 6.07) is 8.47. The SMILES string of the molecule is N#CCC(=O)N=C1S[C@H]2CS(=O)(=O)C[C@@H]2N1c1cccc(Cl)c1. The quantitative estimate of drug-likeness (QED) is 0.790. The van der Waals surface area contributed by atoms with Crippen LogP contribution in [0.25, 0.3) is 0 Å². The van der Waals surface area contributed by atoms with E-state index in [2.05, 4.69) is 4.99 Å². The van der Waals surface area contributed by atoms with Gasteiger partial charge in [-0.25, -0.2) is 8.42 Å². The van der Waals surface area contributed by atoms with Gasteiger partial charge in [-0.05, 0) is 18.2 Å². The maximum Gasteiger partial charge on any atom is 0.262 e. The fourth-order valence-corrected chi connectivity index (χ4v) is 6.82. The molecule has 1 aromatic carbocycles. The zero-order valence-corrected chi connectivity index (χ0v) is 14.2. The van der Waals surface area contributed by atoms with Crippen LogP contribution in [0.3, 0.4) is 0 Å². The van der Waals surface area contributed by atoms with Crippen LogP contribution in [0, 0.1) is 11.3 Å². The lowest BCUT2D eigenvalue weighted by atomic mass is 10.2. The fourth-order valence-electron chi connectivity index (χ4n) is 2.71. The van der Waals surface area contributed by atoms with Crippen LogP contribution in [0.5, 0.6) is 0 Å². The van der Waals surface area contributed by atoms with Gasteiger partial charge >= 0.3 is 0 Å². The molecule has 6 nitrogen and oxygen atoms in total. The molecule has 2 fully saturated rings. The van der Waals surface area contributed by atoms with Gasteiger partial charge in [-0.15, -0.1) is 0 Å². The van der Waals surface area contributed by atoms with Crippen molar-refractivity contribution in [2.75, 3.05) is 16.4 Å². The van der Waals surface area contributed by atoms with Crippen LogP contribution in [0.1, 0.15) is 6.42 Å². The summed E-state index contributed by atoms with van der Waals surface area (Å²) in [7, 11) is -3.11. The molecule has 9 heteroatoms. The molecule has 0 aromatic heterocycles. The summed E-state index contributed by atoms with van der Waals surface area (Å²) in [6.45, 7) is 0. The van der Waals surface area contributed by atoms with Gasteiger partial charge in [-0.1, -0.05) is 29.4 Å². The monoisotopic (exact) mass is 369 g/mol. The second kappa shape index (κ2) is 6.15. The number of hydrogen-bond acceptors (Lipinski definition) is 5. The lowest BCUT2D eigenvalue weighted by Crippen LogP contribution is -2.37. The van der Waals surface area contributed by atoms with E-state index in [0.717, 1.165) is 0 Å². The number of carbonyl (C=O) groups excluding carboxylic acids is 1. The third kappa shape index (κ3) is 3.37. The number of amidine groups is 1. The molecule has 1 aromatic rings. The van der Waals surface area contributed by atoms with Gasteiger partial charge < -0.3 is 4.90 Å². The Labute approximate surface area is 143 Å². The van der Waals surface area contributed by atoms with Crippen molar-refractivity contribution in [1.82, 2.24) is 0 Å². The molecule has 2 aliphatic heterocycles. The molecule has 2 saturated heterocycles. The van der Waals surface area contributed by atoms with Crippen molar-refractivity contribution in [1.29, 1.82) is 5.26 Å². The van der Waals surface area contributed by atoms with Crippen molar-refractivity contribution in [3.8, 4) is 6.07 Å². The van der Waals surface area contributed by atoms with Crippen molar-refractivity contribution >= 4 is 50.0 Å². The summed E-state index contributed by atoms with van der Waals surface area (Å²) in [4.78, 5) is 17.4. The molecule has 0 unspecified atom stereocenters. The Kier molecular flexibility index (Phi) is 4.36. The number of thioether (sulfide) groups is 1. The third-order valence-electron chi connectivity index (χ3n) is 3.60. The first-order chi connectivity index (χ1) is 10.9. The molecule has 1 amide bonds. The predicted octanol–water partition coefficient (Wildman–Crippen LogP) is 1.86. The molecule has 23 heavy (non-hydrogen) atoms. The molecule has 2 aliphatic rings. The maximum absolute atomic E-state index is 11.9. The number of amides is 1. The van der Waals surface area contributed by atoms with Crippen molar-refractivity contribution < 1.29 is 13.2 Å². The minimum atomic E-state index is -3.11. The van der Waals surface area contributed by atoms with Crippen molar-refractivity contribution in [2.45, 2.75) is 17.7 Å². The average Bonchev–Trinajstić information content (AvgIpc) is 2.89. The van der Waals surface area contributed by atoms with E-state index in [-0.39, 0.29) is 29.2 Å². The van der Waals surface area contributed by atoms with Crippen LogP contribution in [-0.4, -0.2) is 42.3 Å². The van der Waals surface area contributed by atoms with Crippen LogP contribution in [0.2, 0.25) is 5.02 Å². The maximum atomic E-state index is 11.9. The highest BCUT2D eigenvalue weighted by Crippen LogP contribution is 2.41. The normalized spacial score (nSPS) is 27.0. The van der Waals surface area contributed by atoms with E-state index in [4.69, 9.17) is 16.9 Å². The number of aliphatic imine (C=N–C) groups is 1. The van der Waals surface area contributed by atoms with E-state index in [1.165, 1.54) is 11.8 Å². The third-order valence-corrected chi connectivity index (χ3v) is 7.05. The van der Waals surface area contributed by atoms with E-state index < -0.39 is 15.7 Å². The van der Waals surface area contributed by atoms with Gasteiger partial charge in [0.1, 0.15) is 6.42 Å². The summed E-state index contributed by atoms with van der Waals surface area (Å²) >= 11 is 7.29. The molecule has 0 saturated carbocycles. The first-order valence-corrected chi connectivity index (χ1v) is 9.88. The smallest absolute Gasteiger partial charge is 0.262 e. The number of anilines is 1. The number of hydrogen-bond donors (Lipinski definition) is 0. The van der Waals surface area contributed by atoms with Gasteiger partial charge in [-0.2, -0.15) is 10.3 Å². The number of carbonyl (C=O) groups is 1. The Morgan fingerprint density at radius 1 is 1.48 bits per heavy atom. The minimum absolute atomic E-state index is 0.0165. The number of fused-ring (bicyclic) bond motifs is 1. The molecule has 0 N–H and O–H groups in total. The second-order valence-electron chi connectivity index (χ2n) is 5.27. The summed E-state index contributed by atoms with van der Waals surface area (Å²) in [6.07, 6.45) is -0.304. The van der Waals surface area contributed by atoms with Crippen LogP contribution < -0.4 is 4.90 Å². The van der Waals surface area contributed by atoms with Gasteiger partial charge in [0.2, 0.25) is 0 Å². The zero-order valence-electron chi connectivity index (χ0n) is 11.8. The molecular formula is C14H12ClN3O3S2. The van der Waals surface area contributed by atoms with Gasteiger partial charge in [0.15, 0.2) is 15.0 Å². The predicted molar refractivity (Wildman–Crippen MR) is 90.4 cm³/mol. The summed E-state index contributed by atoms with van der Waals surface area (Å²) < 4.78 is 23.8. The lowest BCUT2D eigenvalue weighted by molar-refractivity contribution is -0.116. The van der Waals surface area contributed by atoms with Gasteiger partial charge in [-0.3, -0.25) is 4.79 Å². The van der Waals surface area contributed by atoms with Gasteiger partial charge in [0.25, 0.3) is 5.91 Å². The van der Waals surface area contributed by atoms with Crippen molar-refractivity contribution in [3.05, 3.63) is 29.3 Å². The van der Waals surface area contributed by atoms with Crippen LogP contribution >= 0.6 is 23.4 Å². The molecule has 2 atom stereocenters. The number of halogens is 1. The average molecular weight is 370 g/mol. The minimum Gasteiger partial charge on any atom is -0.316 e. The van der Waals surface area contributed by atoms with Crippen molar-refractivity contribution in [3.63, 3.8) is 0 Å². The number of nitrogens with zero attached hydrogens (tertiary/aromatic N) is 3. The summed E-state index contributed by atoms with van der Waals surface area (Å²) in [5.74, 6) is -0.460. The highest BCUT2D eigenvalue weighted by molar-refractivity contribution is 8.16. The standard InChI is InChI=1S/C14H12ClN3O3S2/c15-9-2-1-3-10(6-9)18-11-7-23(20,21)8-12(11)22-14(18)17-13(19)4-5-16/h1-3,6,11-12H,4,7-8H2/t11-,12-/m0/s1. The summed E-state index contributed by atoms with van der Waals surface area (Å²) in [5.41, 5.74) is 0.693. The number of benzene rings is 1. The van der Waals surface area contributed by atoms with E-state index in [9.17, 15) is 13.2 Å². The van der Waals surface area contributed by atoms with Crippen LogP contribution in [-0.2, 0) is 14.6 Å². The zero-order chi connectivity index (χ0) is 16.6. The first-order valence-electron chi connectivity index (χ1n) is 6.80. The fraction of sp³-hybridized carbons (Fsp3) is 0.357. The van der Waals surface area contributed by atoms with Crippen molar-refractivity contribution in [2.24, 2.45) is 4.99 Å². The Hall–Kier alpha value is -1.56. The number of sulfone groups is 1. The van der Waals surface area contributed by atoms with E-state index in [1.54, 1.807) is 35.2 Å². The molecule has 0 radical (unpaired) electrons. The summed E-state index contributed by atoms with van der Waals surface area (Å²) in [5, 5.41) is 9.37. The molecule has 2 heterocycles. The molecular weight excluding hydrogens is 358 g/mol. The van der Waals surface area contributed by atoms with Gasteiger partial charge in [0, 0.05) is 16.0 Å². The molecule has 0 aliphatic carbocycles. The molecule has 120 valence electrons. The Morgan fingerprint density at radius 3 is 2.96 bits per heavy atom. The Morgan fingerprint density at radius 2 is 2.26 bits per heavy atom. The van der Waals surface area contributed by atoms with E-state index in [1.807, 2.05) is 0 Å². The highest BCUT2D eigenvalue weighted by Gasteiger charge is 2.49. The first kappa shape index (κ1) is 16.3. The topological polar surface area (TPSA) is 90.6 Å². The number of nitriles is 1. The van der Waals surface area contributed by atoms with E-state index in [0.29, 0.717) is 15.9 Å². The van der Waals surface area contributed by atoms with Crippen LogP contribution in [0.15, 0.2) is 29.3 Å². The lowest BCUT2D eigenvalue weighted by Gasteiger charge is -2.24. The highest BCUT2D eigenvalue weighted by atomic mass is 35.5. The largest absolute Gasteiger partial charge is 0.316 e. The van der Waals surface area contributed by atoms with Gasteiger partial charge in [0.05, 0.1) is 23.6 Å². The Balaban J connectivity index is 2.01.